The predicted molar refractivity (Wildman–Crippen MR) is 94.7 cm³/mol. The van der Waals surface area contributed by atoms with Crippen LogP contribution in [0.25, 0.3) is 0 Å². The van der Waals surface area contributed by atoms with Crippen LogP contribution in [0.2, 0.25) is 0 Å². The molecule has 0 atom stereocenters. The molecule has 2 rings (SSSR count). The van der Waals surface area contributed by atoms with Gasteiger partial charge in [0.1, 0.15) is 22.1 Å². The molecule has 1 amide bonds. The maximum Gasteiger partial charge on any atom is 0.272 e. The second kappa shape index (κ2) is 8.54. The number of carbonyl (C=O) groups is 1. The largest absolute Gasteiger partial charge is 0.497 e. The van der Waals surface area contributed by atoms with Crippen LogP contribution in [0.3, 0.4) is 0 Å². The molecular formula is C17H20N2O6S. The number of sulfonamides is 1. The standard InChI is InChI=1S/C17H20N2O6S/c1-12-5-4-6-14(9-12)25-11-17(20)18-19-26(21,22)16-10-13(23-2)7-8-15(16)24-3/h4-10,19H,11H2,1-3H3,(H,18,20). The van der Waals surface area contributed by atoms with E-state index in [4.69, 9.17) is 14.2 Å². The number of benzene rings is 2. The fourth-order valence-electron chi connectivity index (χ4n) is 2.06. The Bertz CT molecular complexity index is 883. The van der Waals surface area contributed by atoms with Gasteiger partial charge in [0.05, 0.1) is 14.2 Å². The first kappa shape index (κ1) is 19.5. The topological polar surface area (TPSA) is 103 Å². The van der Waals surface area contributed by atoms with Gasteiger partial charge in [0.25, 0.3) is 15.9 Å². The fourth-order valence-corrected chi connectivity index (χ4v) is 3.11. The lowest BCUT2D eigenvalue weighted by Gasteiger charge is -2.13. The molecule has 8 nitrogen and oxygen atoms in total. The first-order valence-corrected chi connectivity index (χ1v) is 9.06. The van der Waals surface area contributed by atoms with Crippen molar-refractivity contribution >= 4 is 15.9 Å². The zero-order valence-electron chi connectivity index (χ0n) is 14.6. The summed E-state index contributed by atoms with van der Waals surface area (Å²) in [5, 5.41) is 0. The highest BCUT2D eigenvalue weighted by atomic mass is 32.2. The van der Waals surface area contributed by atoms with Crippen molar-refractivity contribution in [3.63, 3.8) is 0 Å². The Morgan fingerprint density at radius 2 is 1.81 bits per heavy atom. The Morgan fingerprint density at radius 3 is 2.46 bits per heavy atom. The summed E-state index contributed by atoms with van der Waals surface area (Å²) in [5.41, 5.74) is 3.08. The van der Waals surface area contributed by atoms with E-state index in [2.05, 4.69) is 5.43 Å². The second-order valence-electron chi connectivity index (χ2n) is 5.28. The van der Waals surface area contributed by atoms with Crippen LogP contribution in [-0.4, -0.2) is 35.2 Å². The smallest absolute Gasteiger partial charge is 0.272 e. The number of methoxy groups -OCH3 is 2. The third-order valence-corrected chi connectivity index (χ3v) is 4.61. The summed E-state index contributed by atoms with van der Waals surface area (Å²) in [6.07, 6.45) is 0. The van der Waals surface area contributed by atoms with Crippen LogP contribution in [0.15, 0.2) is 47.4 Å². The van der Waals surface area contributed by atoms with Crippen molar-refractivity contribution in [1.29, 1.82) is 0 Å². The Morgan fingerprint density at radius 1 is 1.04 bits per heavy atom. The van der Waals surface area contributed by atoms with Crippen LogP contribution < -0.4 is 24.5 Å². The maximum absolute atomic E-state index is 12.4. The van der Waals surface area contributed by atoms with Gasteiger partial charge in [-0.2, -0.15) is 0 Å². The molecule has 2 aromatic rings. The van der Waals surface area contributed by atoms with Crippen LogP contribution in [0, 0.1) is 6.92 Å². The van der Waals surface area contributed by atoms with Gasteiger partial charge >= 0.3 is 0 Å². The summed E-state index contributed by atoms with van der Waals surface area (Å²) < 4.78 is 40.2. The molecular weight excluding hydrogens is 360 g/mol. The number of nitrogens with one attached hydrogen (secondary N) is 2. The van der Waals surface area contributed by atoms with Crippen LogP contribution in [0.5, 0.6) is 17.2 Å². The van der Waals surface area contributed by atoms with Gasteiger partial charge in [0.2, 0.25) is 0 Å². The number of carbonyl (C=O) groups excluding carboxylic acids is 1. The summed E-state index contributed by atoms with van der Waals surface area (Å²) in [6, 6.07) is 11.5. The van der Waals surface area contributed by atoms with E-state index in [-0.39, 0.29) is 17.3 Å². The Kier molecular flexibility index (Phi) is 6.42. The lowest BCUT2D eigenvalue weighted by atomic mass is 10.2. The molecule has 0 fully saturated rings. The van der Waals surface area contributed by atoms with E-state index in [1.165, 1.54) is 26.4 Å². The van der Waals surface area contributed by atoms with Gasteiger partial charge in [0.15, 0.2) is 6.61 Å². The zero-order chi connectivity index (χ0) is 19.2. The monoisotopic (exact) mass is 380 g/mol. The zero-order valence-corrected chi connectivity index (χ0v) is 15.4. The van der Waals surface area contributed by atoms with E-state index in [0.29, 0.717) is 11.5 Å². The van der Waals surface area contributed by atoms with Gasteiger partial charge in [-0.25, -0.2) is 8.42 Å². The van der Waals surface area contributed by atoms with Gasteiger partial charge in [-0.1, -0.05) is 12.1 Å². The van der Waals surface area contributed by atoms with Crippen molar-refractivity contribution < 1.29 is 27.4 Å². The first-order chi connectivity index (χ1) is 12.4. The molecule has 0 aromatic heterocycles. The quantitative estimate of drug-likeness (QED) is 0.671. The Hall–Kier alpha value is -2.78. The second-order valence-corrected chi connectivity index (χ2v) is 6.93. The van der Waals surface area contributed by atoms with E-state index in [1.807, 2.05) is 17.8 Å². The summed E-state index contributed by atoms with van der Waals surface area (Å²) in [6.45, 7) is 1.55. The molecule has 9 heteroatoms. The van der Waals surface area contributed by atoms with E-state index < -0.39 is 15.9 Å². The average Bonchev–Trinajstić information content (AvgIpc) is 2.64. The summed E-state index contributed by atoms with van der Waals surface area (Å²) >= 11 is 0. The van der Waals surface area contributed by atoms with Gasteiger partial charge in [-0.15, -0.1) is 4.83 Å². The first-order valence-electron chi connectivity index (χ1n) is 7.58. The van der Waals surface area contributed by atoms with E-state index >= 15 is 0 Å². The van der Waals surface area contributed by atoms with Crippen molar-refractivity contribution in [2.45, 2.75) is 11.8 Å². The number of rotatable bonds is 8. The van der Waals surface area contributed by atoms with Crippen molar-refractivity contribution in [3.05, 3.63) is 48.0 Å². The molecule has 0 heterocycles. The fraction of sp³-hybridized carbons (Fsp3) is 0.235. The highest BCUT2D eigenvalue weighted by molar-refractivity contribution is 7.89. The minimum atomic E-state index is -4.06. The molecule has 140 valence electrons. The molecule has 26 heavy (non-hydrogen) atoms. The summed E-state index contributed by atoms with van der Waals surface area (Å²) in [4.78, 5) is 13.7. The summed E-state index contributed by atoms with van der Waals surface area (Å²) in [5.74, 6) is 0.304. The molecule has 0 bridgehead atoms. The molecule has 0 radical (unpaired) electrons. The summed E-state index contributed by atoms with van der Waals surface area (Å²) in [7, 11) is -1.31. The van der Waals surface area contributed by atoms with E-state index in [0.717, 1.165) is 5.56 Å². The highest BCUT2D eigenvalue weighted by Gasteiger charge is 2.21. The maximum atomic E-state index is 12.4. The SMILES string of the molecule is COc1ccc(OC)c(S(=O)(=O)NNC(=O)COc2cccc(C)c2)c1. The lowest BCUT2D eigenvalue weighted by molar-refractivity contribution is -0.123. The van der Waals surface area contributed by atoms with Crippen molar-refractivity contribution in [2.75, 3.05) is 20.8 Å². The molecule has 0 aliphatic carbocycles. The number of hydrogen-bond donors (Lipinski definition) is 2. The number of aryl methyl sites for hydroxylation is 1. The number of hydrazine groups is 1. The Balaban J connectivity index is 2.00. The van der Waals surface area contributed by atoms with Crippen LogP contribution >= 0.6 is 0 Å². The number of hydrogen-bond acceptors (Lipinski definition) is 6. The van der Waals surface area contributed by atoms with Gasteiger partial charge in [-0.05, 0) is 36.8 Å². The molecule has 0 spiro atoms. The van der Waals surface area contributed by atoms with Gasteiger partial charge < -0.3 is 14.2 Å². The van der Waals surface area contributed by atoms with Crippen molar-refractivity contribution in [2.24, 2.45) is 0 Å². The number of amides is 1. The molecule has 0 aliphatic rings. The molecule has 0 aliphatic heterocycles. The van der Waals surface area contributed by atoms with Crippen molar-refractivity contribution in [3.8, 4) is 17.2 Å². The molecule has 2 N–H and O–H groups in total. The molecule has 2 aromatic carbocycles. The van der Waals surface area contributed by atoms with Crippen LogP contribution in [0.1, 0.15) is 5.56 Å². The molecule has 0 saturated heterocycles. The normalized spacial score (nSPS) is 10.9. The minimum Gasteiger partial charge on any atom is -0.497 e. The third-order valence-electron chi connectivity index (χ3n) is 3.34. The minimum absolute atomic E-state index is 0.114. The van der Waals surface area contributed by atoms with Gasteiger partial charge in [0, 0.05) is 6.07 Å². The third kappa shape index (κ3) is 5.11. The van der Waals surface area contributed by atoms with E-state index in [9.17, 15) is 13.2 Å². The molecule has 0 unspecified atom stereocenters. The Labute approximate surface area is 152 Å². The van der Waals surface area contributed by atoms with Crippen LogP contribution in [-0.2, 0) is 14.8 Å². The lowest BCUT2D eigenvalue weighted by Crippen LogP contribution is -2.43. The van der Waals surface area contributed by atoms with E-state index in [1.54, 1.807) is 24.3 Å². The highest BCUT2D eigenvalue weighted by Crippen LogP contribution is 2.27. The average molecular weight is 380 g/mol. The predicted octanol–water partition coefficient (Wildman–Crippen LogP) is 1.40. The molecule has 0 saturated carbocycles. The number of ether oxygens (including phenoxy) is 3. The van der Waals surface area contributed by atoms with Crippen LogP contribution in [0.4, 0.5) is 0 Å². The van der Waals surface area contributed by atoms with Crippen molar-refractivity contribution in [1.82, 2.24) is 10.3 Å². The van der Waals surface area contributed by atoms with Gasteiger partial charge in [-0.3, -0.25) is 10.2 Å².